The van der Waals surface area contributed by atoms with Crippen LogP contribution in [-0.2, 0) is 6.54 Å². The molecule has 0 unspecified atom stereocenters. The van der Waals surface area contributed by atoms with Gasteiger partial charge in [-0.25, -0.2) is 4.79 Å². The van der Waals surface area contributed by atoms with Crippen LogP contribution in [0.25, 0.3) is 21.7 Å². The van der Waals surface area contributed by atoms with Crippen LogP contribution in [0.2, 0.25) is 0 Å². The Kier molecular flexibility index (Phi) is 5.16. The van der Waals surface area contributed by atoms with Crippen molar-refractivity contribution in [1.29, 1.82) is 0 Å². The van der Waals surface area contributed by atoms with Crippen molar-refractivity contribution >= 4 is 21.7 Å². The molecule has 168 valence electrons. The Morgan fingerprint density at radius 1 is 0.824 bits per heavy atom. The molecule has 34 heavy (non-hydrogen) atoms. The topological polar surface area (TPSA) is 42.7 Å². The van der Waals surface area contributed by atoms with Crippen LogP contribution in [0.1, 0.15) is 28.2 Å². The van der Waals surface area contributed by atoms with Crippen molar-refractivity contribution in [3.8, 4) is 5.75 Å². The summed E-state index contributed by atoms with van der Waals surface area (Å²) >= 11 is 0. The average molecular weight is 448 g/mol. The molecule has 1 aliphatic heterocycles. The molecule has 6 rings (SSSR count). The van der Waals surface area contributed by atoms with Crippen LogP contribution >= 0.6 is 0 Å². The van der Waals surface area contributed by atoms with Crippen LogP contribution in [0.5, 0.6) is 5.75 Å². The Labute approximate surface area is 198 Å². The van der Waals surface area contributed by atoms with Gasteiger partial charge in [0.2, 0.25) is 0 Å². The van der Waals surface area contributed by atoms with Crippen molar-refractivity contribution in [2.75, 3.05) is 13.3 Å². The van der Waals surface area contributed by atoms with E-state index in [0.717, 1.165) is 40.7 Å². The van der Waals surface area contributed by atoms with Crippen LogP contribution in [0.4, 0.5) is 0 Å². The molecular weight excluding hydrogens is 422 g/mol. The third kappa shape index (κ3) is 3.57. The Bertz CT molecular complexity index is 1500. The third-order valence-corrected chi connectivity index (χ3v) is 6.80. The predicted molar refractivity (Wildman–Crippen MR) is 135 cm³/mol. The lowest BCUT2D eigenvalue weighted by atomic mass is 9.90. The summed E-state index contributed by atoms with van der Waals surface area (Å²) in [5.74, 6) is 1.08. The summed E-state index contributed by atoms with van der Waals surface area (Å²) < 4.78 is 12.0. The summed E-state index contributed by atoms with van der Waals surface area (Å²) in [5.41, 5.74) is 4.90. The summed E-state index contributed by atoms with van der Waals surface area (Å²) in [5, 5.41) is 2.49. The van der Waals surface area contributed by atoms with Gasteiger partial charge in [0.05, 0.1) is 5.39 Å². The number of nitrogens with zero attached hydrogens (tertiary/aromatic N) is 1. The molecular formula is C30H25NO3. The van der Waals surface area contributed by atoms with E-state index in [1.54, 1.807) is 0 Å². The Morgan fingerprint density at radius 2 is 1.44 bits per heavy atom. The van der Waals surface area contributed by atoms with Crippen LogP contribution in [0.15, 0.2) is 100 Å². The Hall–Kier alpha value is -3.89. The smallest absolute Gasteiger partial charge is 0.344 e. The van der Waals surface area contributed by atoms with E-state index in [-0.39, 0.29) is 11.5 Å². The predicted octanol–water partition coefficient (Wildman–Crippen LogP) is 6.24. The standard InChI is InChI=1S/C30H25NO3/c1-20-28-23(16-26-24-14-8-9-15-25(24)30(32)34-29(20)26)17-31(19-33-28)18-27(21-10-4-2-5-11-21)22-12-6-3-7-13-22/h2-16,27H,17-19H2,1H3. The largest absolute Gasteiger partial charge is 0.477 e. The minimum Gasteiger partial charge on any atom is -0.477 e. The van der Waals surface area contributed by atoms with E-state index in [1.807, 2.05) is 31.2 Å². The summed E-state index contributed by atoms with van der Waals surface area (Å²) in [4.78, 5) is 14.9. The van der Waals surface area contributed by atoms with Gasteiger partial charge in [-0.05, 0) is 35.6 Å². The van der Waals surface area contributed by atoms with Crippen LogP contribution in [-0.4, -0.2) is 18.2 Å². The summed E-state index contributed by atoms with van der Waals surface area (Å²) in [6.45, 7) is 4.09. The zero-order valence-electron chi connectivity index (χ0n) is 19.0. The zero-order valence-corrected chi connectivity index (χ0v) is 19.0. The van der Waals surface area contributed by atoms with Gasteiger partial charge in [-0.15, -0.1) is 0 Å². The number of ether oxygens (including phenoxy) is 1. The fourth-order valence-corrected chi connectivity index (χ4v) is 5.14. The molecule has 0 N–H and O–H groups in total. The third-order valence-electron chi connectivity index (χ3n) is 6.80. The number of hydrogen-bond donors (Lipinski definition) is 0. The van der Waals surface area contributed by atoms with E-state index >= 15 is 0 Å². The molecule has 1 aromatic heterocycles. The fourth-order valence-electron chi connectivity index (χ4n) is 5.14. The highest BCUT2D eigenvalue weighted by atomic mass is 16.5. The number of aryl methyl sites for hydroxylation is 1. The van der Waals surface area contributed by atoms with Gasteiger partial charge in [-0.2, -0.15) is 0 Å². The van der Waals surface area contributed by atoms with Crippen molar-refractivity contribution in [3.05, 3.63) is 124 Å². The van der Waals surface area contributed by atoms with Crippen molar-refractivity contribution in [2.24, 2.45) is 0 Å². The second kappa shape index (κ2) is 8.47. The first-order valence-corrected chi connectivity index (χ1v) is 11.6. The Balaban J connectivity index is 1.39. The highest BCUT2D eigenvalue weighted by Gasteiger charge is 2.26. The normalized spacial score (nSPS) is 13.8. The maximum atomic E-state index is 12.5. The first kappa shape index (κ1) is 20.7. The van der Waals surface area contributed by atoms with Crippen LogP contribution < -0.4 is 10.4 Å². The van der Waals surface area contributed by atoms with E-state index in [9.17, 15) is 4.79 Å². The average Bonchev–Trinajstić information content (AvgIpc) is 2.89. The first-order valence-electron chi connectivity index (χ1n) is 11.6. The molecule has 0 saturated heterocycles. The highest BCUT2D eigenvalue weighted by molar-refractivity contribution is 6.06. The zero-order chi connectivity index (χ0) is 23.1. The lowest BCUT2D eigenvalue weighted by Crippen LogP contribution is -2.35. The first-order chi connectivity index (χ1) is 16.7. The number of benzene rings is 4. The molecule has 0 bridgehead atoms. The minimum atomic E-state index is -0.308. The van der Waals surface area contributed by atoms with E-state index < -0.39 is 0 Å². The molecule has 2 heterocycles. The summed E-state index contributed by atoms with van der Waals surface area (Å²) in [6.07, 6.45) is 0. The van der Waals surface area contributed by atoms with Gasteiger partial charge in [0.15, 0.2) is 0 Å². The molecule has 0 fully saturated rings. The van der Waals surface area contributed by atoms with Crippen molar-refractivity contribution < 1.29 is 9.15 Å². The molecule has 0 saturated carbocycles. The molecule has 0 amide bonds. The highest BCUT2D eigenvalue weighted by Crippen LogP contribution is 2.38. The van der Waals surface area contributed by atoms with Gasteiger partial charge in [-0.1, -0.05) is 78.9 Å². The molecule has 0 radical (unpaired) electrons. The Morgan fingerprint density at radius 3 is 2.12 bits per heavy atom. The molecule has 4 aromatic carbocycles. The van der Waals surface area contributed by atoms with E-state index in [1.165, 1.54) is 11.1 Å². The van der Waals surface area contributed by atoms with Gasteiger partial charge in [0, 0.05) is 35.5 Å². The van der Waals surface area contributed by atoms with Crippen molar-refractivity contribution in [3.63, 3.8) is 0 Å². The number of hydrogen-bond acceptors (Lipinski definition) is 4. The van der Waals surface area contributed by atoms with E-state index in [4.69, 9.17) is 9.15 Å². The van der Waals surface area contributed by atoms with E-state index in [2.05, 4.69) is 71.6 Å². The second-order valence-corrected chi connectivity index (χ2v) is 8.96. The van der Waals surface area contributed by atoms with Gasteiger partial charge < -0.3 is 9.15 Å². The van der Waals surface area contributed by atoms with Gasteiger partial charge in [0.1, 0.15) is 18.1 Å². The molecule has 1 aliphatic rings. The molecule has 0 aliphatic carbocycles. The lowest BCUT2D eigenvalue weighted by molar-refractivity contribution is 0.0917. The molecule has 4 nitrogen and oxygen atoms in total. The molecule has 0 spiro atoms. The molecule has 5 aromatic rings. The van der Waals surface area contributed by atoms with Gasteiger partial charge >= 0.3 is 5.63 Å². The van der Waals surface area contributed by atoms with Crippen LogP contribution in [0, 0.1) is 6.92 Å². The fraction of sp³-hybridized carbons (Fsp3) is 0.167. The maximum absolute atomic E-state index is 12.5. The van der Waals surface area contributed by atoms with Gasteiger partial charge in [-0.3, -0.25) is 4.90 Å². The summed E-state index contributed by atoms with van der Waals surface area (Å²) in [6, 6.07) is 31.1. The van der Waals surface area contributed by atoms with Crippen LogP contribution in [0.3, 0.4) is 0 Å². The van der Waals surface area contributed by atoms with Gasteiger partial charge in [0.25, 0.3) is 0 Å². The van der Waals surface area contributed by atoms with Crippen molar-refractivity contribution in [1.82, 2.24) is 4.90 Å². The molecule has 4 heteroatoms. The van der Waals surface area contributed by atoms with E-state index in [0.29, 0.717) is 17.7 Å². The SMILES string of the molecule is Cc1c2c(cc3c1oc(=O)c1ccccc13)CN(CC(c1ccccc1)c1ccccc1)CO2. The minimum absolute atomic E-state index is 0.243. The van der Waals surface area contributed by atoms with Crippen molar-refractivity contribution in [2.45, 2.75) is 19.4 Å². The number of rotatable bonds is 4. The monoisotopic (exact) mass is 447 g/mol. The summed E-state index contributed by atoms with van der Waals surface area (Å²) in [7, 11) is 0. The second-order valence-electron chi connectivity index (χ2n) is 8.96. The quantitative estimate of drug-likeness (QED) is 0.242. The lowest BCUT2D eigenvalue weighted by Gasteiger charge is -2.33. The molecule has 0 atom stereocenters. The number of fused-ring (bicyclic) bond motifs is 4. The maximum Gasteiger partial charge on any atom is 0.344 e.